The zero-order chi connectivity index (χ0) is 12.3. The molecule has 2 N–H and O–H groups in total. The topological polar surface area (TPSA) is 58.2 Å². The molecule has 0 aromatic heterocycles. The zero-order valence-corrected chi connectivity index (χ0v) is 10.8. The number of anilines is 1. The number of benzene rings is 1. The summed E-state index contributed by atoms with van der Waals surface area (Å²) in [5, 5.41) is 3.04. The predicted molar refractivity (Wildman–Crippen MR) is 69.3 cm³/mol. The largest absolute Gasteiger partial charge is 0.316 e. The molecule has 1 saturated carbocycles. The maximum atomic E-state index is 11.8. The second kappa shape index (κ2) is 5.06. The van der Waals surface area contributed by atoms with Crippen molar-refractivity contribution >= 4 is 15.7 Å². The molecule has 1 aromatic carbocycles. The maximum Gasteiger partial charge on any atom is 0.232 e. The highest BCUT2D eigenvalue weighted by molar-refractivity contribution is 7.92. The third-order valence-corrected chi connectivity index (χ3v) is 4.19. The lowest BCUT2D eigenvalue weighted by Gasteiger charge is -2.08. The Labute approximate surface area is 102 Å². The summed E-state index contributed by atoms with van der Waals surface area (Å²) >= 11 is 0. The van der Waals surface area contributed by atoms with E-state index in [9.17, 15) is 8.42 Å². The van der Waals surface area contributed by atoms with Crippen molar-refractivity contribution in [2.75, 3.05) is 17.5 Å². The Morgan fingerprint density at radius 3 is 2.76 bits per heavy atom. The highest BCUT2D eigenvalue weighted by Crippen LogP contribution is 2.30. The summed E-state index contributed by atoms with van der Waals surface area (Å²) in [5.41, 5.74) is 1.72. The summed E-state index contributed by atoms with van der Waals surface area (Å²) < 4.78 is 26.2. The van der Waals surface area contributed by atoms with Gasteiger partial charge in [0.05, 0.1) is 5.75 Å². The van der Waals surface area contributed by atoms with Gasteiger partial charge in [0.15, 0.2) is 0 Å². The highest BCUT2D eigenvalue weighted by atomic mass is 32.2. The number of hydrogen-bond donors (Lipinski definition) is 2. The van der Waals surface area contributed by atoms with Crippen molar-refractivity contribution in [1.29, 1.82) is 0 Å². The Balaban J connectivity index is 2.03. The molecular formula is C12H18N2O2S. The lowest BCUT2D eigenvalue weighted by Crippen LogP contribution is -2.18. The van der Waals surface area contributed by atoms with E-state index in [0.717, 1.165) is 24.9 Å². The van der Waals surface area contributed by atoms with E-state index in [1.807, 2.05) is 25.2 Å². The molecule has 94 valence electrons. The van der Waals surface area contributed by atoms with Gasteiger partial charge in [-0.1, -0.05) is 12.1 Å². The summed E-state index contributed by atoms with van der Waals surface area (Å²) in [5.74, 6) is 0.622. The molecule has 1 aliphatic rings. The SMILES string of the molecule is CNCc1cccc(NS(=O)(=O)CC2CC2)c1. The van der Waals surface area contributed by atoms with Gasteiger partial charge in [-0.05, 0) is 43.5 Å². The van der Waals surface area contributed by atoms with E-state index < -0.39 is 10.0 Å². The Bertz CT molecular complexity index is 481. The van der Waals surface area contributed by atoms with Gasteiger partial charge in [-0.3, -0.25) is 4.72 Å². The van der Waals surface area contributed by atoms with Crippen LogP contribution in [0.3, 0.4) is 0 Å². The van der Waals surface area contributed by atoms with Crippen LogP contribution in [0.2, 0.25) is 0 Å². The Morgan fingerprint density at radius 1 is 1.35 bits per heavy atom. The number of sulfonamides is 1. The first kappa shape index (κ1) is 12.4. The smallest absolute Gasteiger partial charge is 0.232 e. The van der Waals surface area contributed by atoms with Crippen LogP contribution in [0, 0.1) is 5.92 Å². The number of hydrogen-bond acceptors (Lipinski definition) is 3. The fourth-order valence-electron chi connectivity index (χ4n) is 1.76. The Hall–Kier alpha value is -1.07. The molecule has 17 heavy (non-hydrogen) atoms. The molecule has 0 aliphatic heterocycles. The van der Waals surface area contributed by atoms with Gasteiger partial charge in [-0.15, -0.1) is 0 Å². The van der Waals surface area contributed by atoms with Crippen LogP contribution in [-0.2, 0) is 16.6 Å². The van der Waals surface area contributed by atoms with Crippen LogP contribution in [0.15, 0.2) is 24.3 Å². The first-order valence-electron chi connectivity index (χ1n) is 5.83. The molecule has 1 aromatic rings. The molecule has 0 saturated heterocycles. The van der Waals surface area contributed by atoms with Gasteiger partial charge < -0.3 is 5.32 Å². The minimum absolute atomic E-state index is 0.253. The molecule has 0 amide bonds. The van der Waals surface area contributed by atoms with Crippen LogP contribution < -0.4 is 10.0 Å². The second-order valence-corrected chi connectivity index (χ2v) is 6.32. The Morgan fingerprint density at radius 2 is 2.12 bits per heavy atom. The minimum Gasteiger partial charge on any atom is -0.316 e. The van der Waals surface area contributed by atoms with Gasteiger partial charge in [0, 0.05) is 12.2 Å². The molecule has 4 nitrogen and oxygen atoms in total. The summed E-state index contributed by atoms with van der Waals surface area (Å²) in [7, 11) is -1.31. The quantitative estimate of drug-likeness (QED) is 0.810. The number of rotatable bonds is 6. The predicted octanol–water partition coefficient (Wildman–Crippen LogP) is 1.56. The van der Waals surface area contributed by atoms with Crippen molar-refractivity contribution in [2.24, 2.45) is 5.92 Å². The van der Waals surface area contributed by atoms with Gasteiger partial charge in [0.2, 0.25) is 10.0 Å². The molecule has 0 atom stereocenters. The first-order chi connectivity index (χ1) is 8.09. The molecule has 0 unspecified atom stereocenters. The van der Waals surface area contributed by atoms with E-state index in [1.165, 1.54) is 0 Å². The molecule has 0 bridgehead atoms. The van der Waals surface area contributed by atoms with Crippen LogP contribution in [-0.4, -0.2) is 21.2 Å². The van der Waals surface area contributed by atoms with Crippen LogP contribution in [0.1, 0.15) is 18.4 Å². The molecule has 0 radical (unpaired) electrons. The normalized spacial score (nSPS) is 15.8. The van der Waals surface area contributed by atoms with Gasteiger partial charge in [-0.25, -0.2) is 8.42 Å². The van der Waals surface area contributed by atoms with Crippen molar-refractivity contribution in [1.82, 2.24) is 5.32 Å². The van der Waals surface area contributed by atoms with E-state index in [4.69, 9.17) is 0 Å². The van der Waals surface area contributed by atoms with E-state index in [2.05, 4.69) is 10.0 Å². The van der Waals surface area contributed by atoms with Crippen molar-refractivity contribution in [3.8, 4) is 0 Å². The van der Waals surface area contributed by atoms with Gasteiger partial charge >= 0.3 is 0 Å². The number of nitrogens with one attached hydrogen (secondary N) is 2. The first-order valence-corrected chi connectivity index (χ1v) is 7.48. The average molecular weight is 254 g/mol. The summed E-state index contributed by atoms with van der Waals surface area (Å²) in [6.45, 7) is 0.734. The van der Waals surface area contributed by atoms with Crippen LogP contribution >= 0.6 is 0 Å². The molecule has 0 spiro atoms. The van der Waals surface area contributed by atoms with E-state index in [0.29, 0.717) is 11.6 Å². The highest BCUT2D eigenvalue weighted by Gasteiger charge is 2.27. The average Bonchev–Trinajstić information content (AvgIpc) is 3.01. The minimum atomic E-state index is -3.17. The fraction of sp³-hybridized carbons (Fsp3) is 0.500. The molecule has 1 fully saturated rings. The summed E-state index contributed by atoms with van der Waals surface area (Å²) in [6, 6.07) is 7.47. The summed E-state index contributed by atoms with van der Waals surface area (Å²) in [6.07, 6.45) is 2.08. The van der Waals surface area contributed by atoms with Crippen molar-refractivity contribution < 1.29 is 8.42 Å². The maximum absolute atomic E-state index is 11.8. The van der Waals surface area contributed by atoms with Crippen LogP contribution in [0.4, 0.5) is 5.69 Å². The van der Waals surface area contributed by atoms with E-state index in [1.54, 1.807) is 6.07 Å². The van der Waals surface area contributed by atoms with Crippen LogP contribution in [0.25, 0.3) is 0 Å². The molecule has 5 heteroatoms. The van der Waals surface area contributed by atoms with E-state index in [-0.39, 0.29) is 5.75 Å². The molecule has 0 heterocycles. The van der Waals surface area contributed by atoms with Crippen molar-refractivity contribution in [2.45, 2.75) is 19.4 Å². The van der Waals surface area contributed by atoms with Crippen molar-refractivity contribution in [3.63, 3.8) is 0 Å². The third kappa shape index (κ3) is 4.02. The standard InChI is InChI=1S/C12H18N2O2S/c1-13-8-11-3-2-4-12(7-11)14-17(15,16)9-10-5-6-10/h2-4,7,10,13-14H,5-6,8-9H2,1H3. The Kier molecular flexibility index (Phi) is 3.69. The fourth-order valence-corrected chi connectivity index (χ4v) is 3.29. The van der Waals surface area contributed by atoms with Gasteiger partial charge in [-0.2, -0.15) is 0 Å². The summed E-state index contributed by atoms with van der Waals surface area (Å²) in [4.78, 5) is 0. The van der Waals surface area contributed by atoms with Gasteiger partial charge in [0.1, 0.15) is 0 Å². The third-order valence-electron chi connectivity index (χ3n) is 2.73. The molecule has 2 rings (SSSR count). The molecular weight excluding hydrogens is 236 g/mol. The van der Waals surface area contributed by atoms with E-state index >= 15 is 0 Å². The van der Waals surface area contributed by atoms with Gasteiger partial charge in [0.25, 0.3) is 0 Å². The lowest BCUT2D eigenvalue weighted by molar-refractivity contribution is 0.597. The van der Waals surface area contributed by atoms with Crippen LogP contribution in [0.5, 0.6) is 0 Å². The lowest BCUT2D eigenvalue weighted by atomic mass is 10.2. The monoisotopic (exact) mass is 254 g/mol. The second-order valence-electron chi connectivity index (χ2n) is 4.56. The zero-order valence-electron chi connectivity index (χ0n) is 9.94. The molecule has 1 aliphatic carbocycles. The van der Waals surface area contributed by atoms with Crippen molar-refractivity contribution in [3.05, 3.63) is 29.8 Å².